The summed E-state index contributed by atoms with van der Waals surface area (Å²) in [5, 5.41) is 0. The molecule has 0 atom stereocenters. The van der Waals surface area contributed by atoms with Crippen LogP contribution in [0.3, 0.4) is 0 Å². The molecule has 0 aliphatic rings. The number of aromatic nitrogens is 1. The lowest BCUT2D eigenvalue weighted by Crippen LogP contribution is -1.87. The lowest BCUT2D eigenvalue weighted by molar-refractivity contribution is 1.33. The Morgan fingerprint density at radius 1 is 1.00 bits per heavy atom. The van der Waals surface area contributed by atoms with Gasteiger partial charge in [0.15, 0.2) is 0 Å². The van der Waals surface area contributed by atoms with E-state index in [9.17, 15) is 0 Å². The fraction of sp³-hybridized carbons (Fsp3) is 0. The van der Waals surface area contributed by atoms with Gasteiger partial charge in [0.2, 0.25) is 0 Å². The number of nitrogen functional groups attached to an aromatic ring is 1. The van der Waals surface area contributed by atoms with Crippen LogP contribution in [0.5, 0.6) is 0 Å². The van der Waals surface area contributed by atoms with Crippen molar-refractivity contribution in [2.75, 3.05) is 5.73 Å². The minimum atomic E-state index is 0.686. The molecule has 1 aromatic carbocycles. The highest BCUT2D eigenvalue weighted by Crippen LogP contribution is 2.20. The molecule has 0 fully saturated rings. The zero-order valence-corrected chi connectivity index (χ0v) is 9.03. The van der Waals surface area contributed by atoms with Crippen molar-refractivity contribution in [1.82, 2.24) is 4.98 Å². The van der Waals surface area contributed by atoms with Crippen molar-refractivity contribution < 1.29 is 0 Å². The highest BCUT2D eigenvalue weighted by molar-refractivity contribution is 9.10. The quantitative estimate of drug-likeness (QED) is 0.843. The summed E-state index contributed by atoms with van der Waals surface area (Å²) in [6.07, 6.45) is 1.66. The Kier molecular flexibility index (Phi) is 2.50. The molecule has 0 aliphatic carbocycles. The van der Waals surface area contributed by atoms with Crippen LogP contribution in [0.15, 0.2) is 47.1 Å². The van der Waals surface area contributed by atoms with Crippen LogP contribution >= 0.6 is 15.9 Å². The number of hydrogen-bond acceptors (Lipinski definition) is 2. The summed E-state index contributed by atoms with van der Waals surface area (Å²) in [5.41, 5.74) is 8.27. The molecular formula is C11H9BrN2. The molecule has 0 spiro atoms. The highest BCUT2D eigenvalue weighted by atomic mass is 79.9. The molecule has 1 heterocycles. The van der Waals surface area contributed by atoms with Gasteiger partial charge in [-0.15, -0.1) is 0 Å². The predicted molar refractivity (Wildman–Crippen MR) is 61.8 cm³/mol. The van der Waals surface area contributed by atoms with Crippen LogP contribution in [0.1, 0.15) is 0 Å². The van der Waals surface area contributed by atoms with E-state index in [2.05, 4.69) is 20.9 Å². The van der Waals surface area contributed by atoms with Gasteiger partial charge in [0.05, 0.1) is 17.6 Å². The fourth-order valence-electron chi connectivity index (χ4n) is 1.20. The maximum atomic E-state index is 5.56. The van der Waals surface area contributed by atoms with E-state index in [1.165, 1.54) is 0 Å². The van der Waals surface area contributed by atoms with E-state index < -0.39 is 0 Å². The molecule has 2 aromatic rings. The first kappa shape index (κ1) is 9.21. The average molecular weight is 249 g/mol. The summed E-state index contributed by atoms with van der Waals surface area (Å²) < 4.78 is 1.07. The Bertz CT molecular complexity index is 377. The Labute approximate surface area is 90.9 Å². The van der Waals surface area contributed by atoms with Crippen molar-refractivity contribution in [3.05, 3.63) is 47.1 Å². The zero-order valence-electron chi connectivity index (χ0n) is 7.44. The van der Waals surface area contributed by atoms with E-state index in [4.69, 9.17) is 5.73 Å². The molecule has 2 rings (SSSR count). The minimum absolute atomic E-state index is 0.686. The Morgan fingerprint density at radius 2 is 1.71 bits per heavy atom. The third kappa shape index (κ3) is 1.93. The molecule has 0 amide bonds. The fourth-order valence-corrected chi connectivity index (χ4v) is 1.46. The summed E-state index contributed by atoms with van der Waals surface area (Å²) in [6.45, 7) is 0. The second kappa shape index (κ2) is 3.80. The summed E-state index contributed by atoms with van der Waals surface area (Å²) in [6, 6.07) is 11.8. The van der Waals surface area contributed by atoms with E-state index in [1.807, 2.05) is 36.4 Å². The molecule has 0 unspecified atom stereocenters. The first-order valence-corrected chi connectivity index (χ1v) is 5.02. The highest BCUT2D eigenvalue weighted by Gasteiger charge is 1.97. The van der Waals surface area contributed by atoms with Crippen LogP contribution in [0, 0.1) is 0 Å². The van der Waals surface area contributed by atoms with Gasteiger partial charge in [0.1, 0.15) is 0 Å². The van der Waals surface area contributed by atoms with Crippen molar-refractivity contribution in [3.63, 3.8) is 0 Å². The third-order valence-corrected chi connectivity index (χ3v) is 2.46. The molecule has 14 heavy (non-hydrogen) atoms. The van der Waals surface area contributed by atoms with Crippen molar-refractivity contribution >= 4 is 21.6 Å². The second-order valence-electron chi connectivity index (χ2n) is 2.98. The number of pyridine rings is 1. The van der Waals surface area contributed by atoms with Gasteiger partial charge in [0, 0.05) is 10.0 Å². The van der Waals surface area contributed by atoms with Crippen molar-refractivity contribution in [2.24, 2.45) is 0 Å². The summed E-state index contributed by atoms with van der Waals surface area (Å²) in [7, 11) is 0. The largest absolute Gasteiger partial charge is 0.397 e. The minimum Gasteiger partial charge on any atom is -0.397 e. The number of nitrogens with two attached hydrogens (primary N) is 1. The van der Waals surface area contributed by atoms with Crippen LogP contribution in [0.2, 0.25) is 0 Å². The van der Waals surface area contributed by atoms with E-state index in [-0.39, 0.29) is 0 Å². The van der Waals surface area contributed by atoms with Gasteiger partial charge in [0.25, 0.3) is 0 Å². The molecule has 0 saturated carbocycles. The molecule has 0 saturated heterocycles. The molecular weight excluding hydrogens is 240 g/mol. The number of benzene rings is 1. The Balaban J connectivity index is 2.40. The van der Waals surface area contributed by atoms with E-state index in [0.29, 0.717) is 5.69 Å². The van der Waals surface area contributed by atoms with Crippen LogP contribution in [0.4, 0.5) is 5.69 Å². The number of nitrogens with zero attached hydrogens (tertiary/aromatic N) is 1. The molecule has 1 aromatic heterocycles. The van der Waals surface area contributed by atoms with E-state index >= 15 is 0 Å². The van der Waals surface area contributed by atoms with Crippen LogP contribution in [0.25, 0.3) is 11.3 Å². The van der Waals surface area contributed by atoms with Crippen molar-refractivity contribution in [3.8, 4) is 11.3 Å². The normalized spacial score (nSPS) is 10.1. The summed E-state index contributed by atoms with van der Waals surface area (Å²) >= 11 is 3.39. The predicted octanol–water partition coefficient (Wildman–Crippen LogP) is 3.09. The first-order chi connectivity index (χ1) is 6.75. The van der Waals surface area contributed by atoms with Gasteiger partial charge in [-0.25, -0.2) is 0 Å². The summed E-state index contributed by atoms with van der Waals surface area (Å²) in [5.74, 6) is 0. The topological polar surface area (TPSA) is 38.9 Å². The first-order valence-electron chi connectivity index (χ1n) is 4.23. The molecule has 70 valence electrons. The van der Waals surface area contributed by atoms with Crippen LogP contribution in [-0.2, 0) is 0 Å². The van der Waals surface area contributed by atoms with E-state index in [0.717, 1.165) is 15.7 Å². The molecule has 2 nitrogen and oxygen atoms in total. The Morgan fingerprint density at radius 3 is 2.29 bits per heavy atom. The molecule has 0 radical (unpaired) electrons. The lowest BCUT2D eigenvalue weighted by atomic mass is 10.1. The van der Waals surface area contributed by atoms with Gasteiger partial charge in [-0.2, -0.15) is 0 Å². The monoisotopic (exact) mass is 248 g/mol. The lowest BCUT2D eigenvalue weighted by Gasteiger charge is -2.00. The number of halogens is 1. The number of hydrogen-bond donors (Lipinski definition) is 1. The van der Waals surface area contributed by atoms with Gasteiger partial charge in [-0.3, -0.25) is 4.98 Å². The van der Waals surface area contributed by atoms with Gasteiger partial charge in [-0.1, -0.05) is 28.1 Å². The number of anilines is 1. The second-order valence-corrected chi connectivity index (χ2v) is 3.90. The van der Waals surface area contributed by atoms with Gasteiger partial charge < -0.3 is 5.73 Å². The average Bonchev–Trinajstić information content (AvgIpc) is 2.21. The molecule has 0 bridgehead atoms. The maximum absolute atomic E-state index is 5.56. The van der Waals surface area contributed by atoms with Crippen LogP contribution < -0.4 is 5.73 Å². The smallest absolute Gasteiger partial charge is 0.0703 e. The van der Waals surface area contributed by atoms with E-state index in [1.54, 1.807) is 6.20 Å². The summed E-state index contributed by atoms with van der Waals surface area (Å²) in [4.78, 5) is 4.24. The molecule has 3 heteroatoms. The maximum Gasteiger partial charge on any atom is 0.0703 e. The van der Waals surface area contributed by atoms with Crippen molar-refractivity contribution in [1.29, 1.82) is 0 Å². The molecule has 0 aliphatic heterocycles. The molecule has 2 N–H and O–H groups in total. The standard InChI is InChI=1S/C11H9BrN2/c12-9-3-1-8(2-4-9)11-6-5-10(13)7-14-11/h1-7H,13H2. The SMILES string of the molecule is Nc1ccc(-c2ccc(Br)cc2)nc1. The number of rotatable bonds is 1. The third-order valence-electron chi connectivity index (χ3n) is 1.93. The van der Waals surface area contributed by atoms with Crippen molar-refractivity contribution in [2.45, 2.75) is 0 Å². The van der Waals surface area contributed by atoms with Gasteiger partial charge >= 0.3 is 0 Å². The Hall–Kier alpha value is -1.35. The van der Waals surface area contributed by atoms with Crippen LogP contribution in [-0.4, -0.2) is 4.98 Å². The van der Waals surface area contributed by atoms with Gasteiger partial charge in [-0.05, 0) is 24.3 Å². The zero-order chi connectivity index (χ0) is 9.97.